The molecule has 1 fully saturated rings. The van der Waals surface area contributed by atoms with E-state index in [1.165, 1.54) is 6.20 Å². The average Bonchev–Trinajstić information content (AvgIpc) is 3.30. The number of likely N-dealkylation sites (tertiary alicyclic amines) is 1. The molecule has 0 aliphatic carbocycles. The zero-order valence-corrected chi connectivity index (χ0v) is 25.6. The van der Waals surface area contributed by atoms with E-state index in [4.69, 9.17) is 9.47 Å². The lowest BCUT2D eigenvalue weighted by atomic mass is 9.81. The van der Waals surface area contributed by atoms with Crippen molar-refractivity contribution in [1.82, 2.24) is 14.5 Å². The van der Waals surface area contributed by atoms with Crippen molar-refractivity contribution in [2.24, 2.45) is 5.92 Å². The second-order valence-electron chi connectivity index (χ2n) is 11.8. The molecule has 1 saturated heterocycles. The summed E-state index contributed by atoms with van der Waals surface area (Å²) in [6.07, 6.45) is 4.70. The van der Waals surface area contributed by atoms with Crippen LogP contribution in [0.4, 0.5) is 14.5 Å². The Bertz CT molecular complexity index is 1400. The number of fused-ring (bicyclic) bond motifs is 1. The highest BCUT2D eigenvalue weighted by Crippen LogP contribution is 2.42. The molecule has 0 saturated carbocycles. The first-order valence-electron chi connectivity index (χ1n) is 13.9. The van der Waals surface area contributed by atoms with Gasteiger partial charge in [-0.15, -0.1) is 14.1 Å². The number of carbonyl (C=O) groups excluding carboxylic acids is 1. The number of hydrogen-bond acceptors (Lipinski definition) is 6. The summed E-state index contributed by atoms with van der Waals surface area (Å²) in [6.45, 7) is 13.0. The maximum Gasteiger partial charge on any atom is 0.322 e. The fourth-order valence-corrected chi connectivity index (χ4v) is 6.00. The van der Waals surface area contributed by atoms with Crippen LogP contribution in [0.3, 0.4) is 0 Å². The van der Waals surface area contributed by atoms with E-state index in [2.05, 4.69) is 36.4 Å². The molecule has 9 nitrogen and oxygen atoms in total. The molecule has 41 heavy (non-hydrogen) atoms. The van der Waals surface area contributed by atoms with Crippen LogP contribution in [-0.4, -0.2) is 60.2 Å². The second-order valence-corrected chi connectivity index (χ2v) is 17.4. The molecule has 1 aliphatic heterocycles. The Morgan fingerprint density at radius 3 is 2.54 bits per heavy atom. The summed E-state index contributed by atoms with van der Waals surface area (Å²) < 4.78 is 43.8. The molecule has 4 rings (SSSR count). The average molecular weight is 590 g/mol. The van der Waals surface area contributed by atoms with E-state index < -0.39 is 25.5 Å². The summed E-state index contributed by atoms with van der Waals surface area (Å²) in [5.41, 5.74) is 1.17. The van der Waals surface area contributed by atoms with E-state index >= 15 is 8.78 Å². The summed E-state index contributed by atoms with van der Waals surface area (Å²) in [5.74, 6) is -2.17. The first-order valence-corrected chi connectivity index (χ1v) is 17.7. The number of benzene rings is 1. The number of ether oxygens (including phenoxy) is 2. The molecule has 2 unspecified atom stereocenters. The molecule has 223 valence electrons. The van der Waals surface area contributed by atoms with Crippen molar-refractivity contribution in [3.8, 4) is 11.5 Å². The topological polar surface area (TPSA) is 85.9 Å². The van der Waals surface area contributed by atoms with Gasteiger partial charge in [0.25, 0.3) is 4.92 Å². The van der Waals surface area contributed by atoms with Crippen molar-refractivity contribution in [2.45, 2.75) is 65.0 Å². The molecule has 12 heteroatoms. The Kier molecular flexibility index (Phi) is 9.43. The summed E-state index contributed by atoms with van der Waals surface area (Å²) >= 11 is 0. The lowest BCUT2D eigenvalue weighted by Gasteiger charge is -2.37. The van der Waals surface area contributed by atoms with Gasteiger partial charge in [0.2, 0.25) is 5.91 Å². The molecule has 1 aliphatic rings. The van der Waals surface area contributed by atoms with Crippen LogP contribution >= 0.6 is 0 Å². The monoisotopic (exact) mass is 589 g/mol. The molecule has 0 spiro atoms. The number of hydrogen-bond donors (Lipinski definition) is 0. The van der Waals surface area contributed by atoms with Crippen molar-refractivity contribution in [3.63, 3.8) is 0 Å². The zero-order valence-electron chi connectivity index (χ0n) is 24.6. The Labute approximate surface area is 239 Å². The zero-order chi connectivity index (χ0) is 29.9. The Hall–Kier alpha value is -3.38. The number of piperidine rings is 1. The minimum Gasteiger partial charge on any atom is -0.450 e. The molecule has 0 radical (unpaired) electrons. The van der Waals surface area contributed by atoms with Gasteiger partial charge in [-0.25, -0.2) is 18.6 Å². The van der Waals surface area contributed by atoms with E-state index in [1.54, 1.807) is 6.07 Å². The fraction of sp³-hybridized carbons (Fsp3) is 0.517. The molecular weight excluding hydrogens is 550 g/mol. The van der Waals surface area contributed by atoms with Crippen LogP contribution in [0.2, 0.25) is 25.7 Å². The fourth-order valence-electron chi connectivity index (χ4n) is 5.24. The maximum atomic E-state index is 15.0. The smallest absolute Gasteiger partial charge is 0.322 e. The van der Waals surface area contributed by atoms with Gasteiger partial charge in [0.05, 0.1) is 22.4 Å². The van der Waals surface area contributed by atoms with Gasteiger partial charge in [0.1, 0.15) is 18.1 Å². The van der Waals surface area contributed by atoms with Crippen LogP contribution in [0, 0.1) is 22.5 Å². The lowest BCUT2D eigenvalue weighted by Crippen LogP contribution is -2.41. The number of amides is 1. The molecular formula is C29H39F2N4O5Si. The predicted molar refractivity (Wildman–Crippen MR) is 154 cm³/mol. The highest BCUT2D eigenvalue weighted by molar-refractivity contribution is 6.76. The third-order valence-corrected chi connectivity index (χ3v) is 9.21. The van der Waals surface area contributed by atoms with Crippen molar-refractivity contribution in [2.75, 3.05) is 26.8 Å². The molecule has 0 bridgehead atoms. The van der Waals surface area contributed by atoms with E-state index in [1.807, 2.05) is 22.6 Å². The van der Waals surface area contributed by atoms with Gasteiger partial charge in [-0.2, -0.15) is 19.6 Å². The van der Waals surface area contributed by atoms with Gasteiger partial charge in [-0.3, -0.25) is 4.79 Å². The Balaban J connectivity index is 1.73. The standard InChI is InChI=1S/C29H39F2N4O5Si/c1-7-26(36)33-11-9-21(19(2)16-33)22-17-34(18-39-12-13-41(4,5)6)29-27(22)25(8-10-32-29)40-28-23(30)14-20(15-24(28)31)35(37)38-3/h8,10,14-15,17,19,21H,7,9,11-13,16,18H2,1-6H3. The molecule has 1 aromatic carbocycles. The first kappa shape index (κ1) is 30.6. The molecule has 1 amide bonds. The SMILES string of the molecule is CCC(=O)N1CCC(c2cn(COCC[Si-](C)(C)C)c3nccc(Oc4c(F)cc([N+](=O)OC)cc4F)c23)C(C)C1. The van der Waals surface area contributed by atoms with Crippen molar-refractivity contribution >= 4 is 30.7 Å². The van der Waals surface area contributed by atoms with E-state index in [-0.39, 0.29) is 40.8 Å². The summed E-state index contributed by atoms with van der Waals surface area (Å²) in [4.78, 5) is 35.1. The lowest BCUT2D eigenvalue weighted by molar-refractivity contribution is -0.736. The number of rotatable bonds is 11. The number of aromatic nitrogens is 2. The maximum absolute atomic E-state index is 15.0. The van der Waals surface area contributed by atoms with Crippen LogP contribution in [-0.2, 0) is 21.1 Å². The normalized spacial score (nSPS) is 17.6. The van der Waals surface area contributed by atoms with Gasteiger partial charge in [-0.05, 0) is 29.9 Å². The molecule has 2 aromatic heterocycles. The van der Waals surface area contributed by atoms with Crippen LogP contribution < -0.4 is 4.74 Å². The molecule has 2 atom stereocenters. The third kappa shape index (κ3) is 6.92. The number of halogens is 2. The van der Waals surface area contributed by atoms with Crippen molar-refractivity contribution in [1.29, 1.82) is 0 Å². The third-order valence-electron chi connectivity index (χ3n) is 7.51. The summed E-state index contributed by atoms with van der Waals surface area (Å²) in [7, 11) is -0.177. The second kappa shape index (κ2) is 12.6. The van der Waals surface area contributed by atoms with E-state index in [0.717, 1.165) is 37.3 Å². The van der Waals surface area contributed by atoms with Gasteiger partial charge < -0.3 is 18.9 Å². The molecule has 0 N–H and O–H groups in total. The number of carbonyl (C=O) groups is 1. The largest absolute Gasteiger partial charge is 0.450 e. The minimum atomic E-state index is -1.28. The van der Waals surface area contributed by atoms with E-state index in [9.17, 15) is 9.70 Å². The predicted octanol–water partition coefficient (Wildman–Crippen LogP) is 6.75. The van der Waals surface area contributed by atoms with Gasteiger partial charge in [0, 0.05) is 38.5 Å². The Morgan fingerprint density at radius 2 is 1.93 bits per heavy atom. The highest BCUT2D eigenvalue weighted by Gasteiger charge is 2.33. The highest BCUT2D eigenvalue weighted by atomic mass is 28.3. The van der Waals surface area contributed by atoms with Crippen LogP contribution in [0.15, 0.2) is 30.6 Å². The molecule has 3 heterocycles. The first-order chi connectivity index (χ1) is 19.4. The Morgan fingerprint density at radius 1 is 1.22 bits per heavy atom. The van der Waals surface area contributed by atoms with Gasteiger partial charge in [0.15, 0.2) is 24.5 Å². The van der Waals surface area contributed by atoms with Gasteiger partial charge in [-0.1, -0.05) is 13.8 Å². The summed E-state index contributed by atoms with van der Waals surface area (Å²) in [6, 6.07) is 4.30. The molecule has 3 aromatic rings. The quantitative estimate of drug-likeness (QED) is 0.140. The number of nitrogens with zero attached hydrogens (tertiary/aromatic N) is 4. The van der Waals surface area contributed by atoms with Gasteiger partial charge >= 0.3 is 5.69 Å². The number of pyridine rings is 1. The van der Waals surface area contributed by atoms with Crippen LogP contribution in [0.25, 0.3) is 11.0 Å². The minimum absolute atomic E-state index is 0.0119. The van der Waals surface area contributed by atoms with Crippen LogP contribution in [0.1, 0.15) is 38.2 Å². The van der Waals surface area contributed by atoms with E-state index in [0.29, 0.717) is 37.2 Å². The summed E-state index contributed by atoms with van der Waals surface area (Å²) in [5, 5.41) is 0.638. The van der Waals surface area contributed by atoms with Crippen molar-refractivity contribution < 1.29 is 32.8 Å². The van der Waals surface area contributed by atoms with Crippen LogP contribution in [0.5, 0.6) is 11.5 Å². The van der Waals surface area contributed by atoms with Crippen molar-refractivity contribution in [3.05, 3.63) is 52.7 Å².